The molecule has 0 aromatic rings. The molecule has 100 valence electrons. The first-order chi connectivity index (χ1) is 8.69. The van der Waals surface area contributed by atoms with Crippen molar-refractivity contribution < 1.29 is 14.3 Å². The maximum atomic E-state index is 12.0. The van der Waals surface area contributed by atoms with E-state index in [-0.39, 0.29) is 6.09 Å². The molecule has 3 aliphatic heterocycles. The van der Waals surface area contributed by atoms with Gasteiger partial charge in [0.25, 0.3) is 0 Å². The molecular formula is C13H20N2O3. The van der Waals surface area contributed by atoms with E-state index in [1.807, 2.05) is 4.90 Å². The van der Waals surface area contributed by atoms with E-state index in [2.05, 4.69) is 4.90 Å². The molecule has 3 unspecified atom stereocenters. The van der Waals surface area contributed by atoms with E-state index in [4.69, 9.17) is 4.74 Å². The number of rotatable bonds is 0. The Kier molecular flexibility index (Phi) is 2.92. The molecular weight excluding hydrogens is 232 g/mol. The van der Waals surface area contributed by atoms with Gasteiger partial charge in [0, 0.05) is 32.1 Å². The predicted molar refractivity (Wildman–Crippen MR) is 64.9 cm³/mol. The van der Waals surface area contributed by atoms with Gasteiger partial charge in [0.05, 0.1) is 7.11 Å². The van der Waals surface area contributed by atoms with Crippen molar-refractivity contribution in [1.82, 2.24) is 9.80 Å². The molecule has 3 aliphatic rings. The zero-order valence-electron chi connectivity index (χ0n) is 10.8. The van der Waals surface area contributed by atoms with Gasteiger partial charge in [0.1, 0.15) is 0 Å². The molecule has 3 fully saturated rings. The fourth-order valence-electron chi connectivity index (χ4n) is 3.89. The van der Waals surface area contributed by atoms with E-state index in [0.29, 0.717) is 30.2 Å². The second kappa shape index (κ2) is 4.44. The van der Waals surface area contributed by atoms with Crippen molar-refractivity contribution in [3.8, 4) is 0 Å². The lowest BCUT2D eigenvalue weighted by atomic mass is 9.76. The Hall–Kier alpha value is -1.26. The summed E-state index contributed by atoms with van der Waals surface area (Å²) in [6.07, 6.45) is 3.73. The molecule has 0 saturated carbocycles. The molecule has 3 rings (SSSR count). The largest absolute Gasteiger partial charge is 0.453 e. The molecule has 18 heavy (non-hydrogen) atoms. The van der Waals surface area contributed by atoms with Crippen molar-refractivity contribution >= 4 is 12.0 Å². The van der Waals surface area contributed by atoms with Crippen LogP contribution in [0.3, 0.4) is 0 Å². The Balaban J connectivity index is 1.76. The average molecular weight is 252 g/mol. The van der Waals surface area contributed by atoms with Crippen LogP contribution in [-0.2, 0) is 9.53 Å². The smallest absolute Gasteiger partial charge is 0.409 e. The van der Waals surface area contributed by atoms with E-state index in [1.54, 1.807) is 0 Å². The van der Waals surface area contributed by atoms with Gasteiger partial charge in [-0.15, -0.1) is 0 Å². The summed E-state index contributed by atoms with van der Waals surface area (Å²) in [4.78, 5) is 27.5. The Morgan fingerprint density at radius 3 is 2.94 bits per heavy atom. The summed E-state index contributed by atoms with van der Waals surface area (Å²) in [5, 5.41) is 0. The van der Waals surface area contributed by atoms with Crippen LogP contribution in [-0.4, -0.2) is 54.6 Å². The summed E-state index contributed by atoms with van der Waals surface area (Å²) in [7, 11) is 1.43. The number of ether oxygens (including phenoxy) is 1. The Bertz CT molecular complexity index is 371. The number of carbonyl (C=O) groups is 2. The molecule has 5 heteroatoms. The van der Waals surface area contributed by atoms with Crippen LogP contribution in [0.1, 0.15) is 25.7 Å². The summed E-state index contributed by atoms with van der Waals surface area (Å²) in [5.74, 6) is 1.19. The maximum absolute atomic E-state index is 12.0. The quantitative estimate of drug-likeness (QED) is 0.648. The zero-order valence-corrected chi connectivity index (χ0v) is 10.8. The molecule has 0 spiro atoms. The van der Waals surface area contributed by atoms with Crippen LogP contribution in [0.25, 0.3) is 0 Å². The summed E-state index contributed by atoms with van der Waals surface area (Å²) < 4.78 is 4.82. The molecule has 0 aromatic heterocycles. The Labute approximate surface area is 107 Å². The Morgan fingerprint density at radius 2 is 2.17 bits per heavy atom. The van der Waals surface area contributed by atoms with E-state index < -0.39 is 0 Å². The van der Waals surface area contributed by atoms with Crippen molar-refractivity contribution in [3.63, 3.8) is 0 Å². The van der Waals surface area contributed by atoms with Crippen molar-refractivity contribution in [2.45, 2.75) is 31.7 Å². The molecule has 3 heterocycles. The van der Waals surface area contributed by atoms with E-state index in [9.17, 15) is 9.59 Å². The highest BCUT2D eigenvalue weighted by Crippen LogP contribution is 2.37. The van der Waals surface area contributed by atoms with Gasteiger partial charge in [0.2, 0.25) is 5.91 Å². The van der Waals surface area contributed by atoms with Crippen LogP contribution in [0.15, 0.2) is 0 Å². The van der Waals surface area contributed by atoms with Gasteiger partial charge >= 0.3 is 6.09 Å². The third kappa shape index (κ3) is 1.85. The summed E-state index contributed by atoms with van der Waals surface area (Å²) in [5.41, 5.74) is 0. The normalized spacial score (nSPS) is 35.2. The van der Waals surface area contributed by atoms with Gasteiger partial charge in [-0.2, -0.15) is 0 Å². The Morgan fingerprint density at radius 1 is 1.33 bits per heavy atom. The number of methoxy groups -OCH3 is 1. The number of amides is 2. The fourth-order valence-corrected chi connectivity index (χ4v) is 3.89. The second-order valence-corrected chi connectivity index (χ2v) is 5.74. The third-order valence-electron chi connectivity index (χ3n) is 4.61. The van der Waals surface area contributed by atoms with Crippen molar-refractivity contribution in [2.24, 2.45) is 11.8 Å². The van der Waals surface area contributed by atoms with Crippen molar-refractivity contribution in [2.75, 3.05) is 26.7 Å². The average Bonchev–Trinajstić information content (AvgIpc) is 2.39. The first-order valence-corrected chi connectivity index (χ1v) is 6.81. The molecule has 3 saturated heterocycles. The molecule has 0 radical (unpaired) electrons. The fraction of sp³-hybridized carbons (Fsp3) is 0.846. The van der Waals surface area contributed by atoms with Gasteiger partial charge in [-0.3, -0.25) is 4.79 Å². The van der Waals surface area contributed by atoms with Gasteiger partial charge in [-0.05, 0) is 31.1 Å². The van der Waals surface area contributed by atoms with Crippen LogP contribution < -0.4 is 0 Å². The topological polar surface area (TPSA) is 49.9 Å². The van der Waals surface area contributed by atoms with Gasteiger partial charge < -0.3 is 14.5 Å². The van der Waals surface area contributed by atoms with Gasteiger partial charge in [-0.25, -0.2) is 4.79 Å². The second-order valence-electron chi connectivity index (χ2n) is 5.74. The van der Waals surface area contributed by atoms with Gasteiger partial charge in [-0.1, -0.05) is 0 Å². The van der Waals surface area contributed by atoms with Crippen LogP contribution >= 0.6 is 0 Å². The van der Waals surface area contributed by atoms with Crippen LogP contribution in [0, 0.1) is 11.8 Å². The van der Waals surface area contributed by atoms with E-state index in [0.717, 1.165) is 38.9 Å². The first kappa shape index (κ1) is 11.8. The minimum Gasteiger partial charge on any atom is -0.453 e. The zero-order chi connectivity index (χ0) is 12.7. The highest BCUT2D eigenvalue weighted by molar-refractivity contribution is 5.77. The van der Waals surface area contributed by atoms with Crippen molar-refractivity contribution in [3.05, 3.63) is 0 Å². The number of nitrogens with zero attached hydrogens (tertiary/aromatic N) is 2. The SMILES string of the molecule is COC(=O)N1CC2CC(C1)C1CCCC(=O)N1C2. The lowest BCUT2D eigenvalue weighted by Crippen LogP contribution is -2.61. The monoisotopic (exact) mass is 252 g/mol. The lowest BCUT2D eigenvalue weighted by molar-refractivity contribution is -0.144. The third-order valence-corrected chi connectivity index (χ3v) is 4.61. The molecule has 0 aliphatic carbocycles. The summed E-state index contributed by atoms with van der Waals surface area (Å²) in [6, 6.07) is 0.356. The number of likely N-dealkylation sites (tertiary alicyclic amines) is 1. The van der Waals surface area contributed by atoms with Gasteiger partial charge in [0.15, 0.2) is 0 Å². The minimum absolute atomic E-state index is 0.222. The highest BCUT2D eigenvalue weighted by Gasteiger charge is 2.44. The number of hydrogen-bond acceptors (Lipinski definition) is 3. The van der Waals surface area contributed by atoms with E-state index in [1.165, 1.54) is 7.11 Å². The molecule has 0 N–H and O–H groups in total. The van der Waals surface area contributed by atoms with Crippen LogP contribution in [0.5, 0.6) is 0 Å². The summed E-state index contributed by atoms with van der Waals surface area (Å²) >= 11 is 0. The minimum atomic E-state index is -0.222. The predicted octanol–water partition coefficient (Wildman–Crippen LogP) is 1.09. The molecule has 2 bridgehead atoms. The number of hydrogen-bond donors (Lipinski definition) is 0. The highest BCUT2D eigenvalue weighted by atomic mass is 16.5. The van der Waals surface area contributed by atoms with E-state index >= 15 is 0 Å². The number of piperidine rings is 3. The molecule has 5 nitrogen and oxygen atoms in total. The molecule has 2 amide bonds. The molecule has 3 atom stereocenters. The lowest BCUT2D eigenvalue weighted by Gasteiger charge is -2.52. The van der Waals surface area contributed by atoms with Crippen LogP contribution in [0.2, 0.25) is 0 Å². The number of fused-ring (bicyclic) bond motifs is 4. The number of carbonyl (C=O) groups excluding carboxylic acids is 2. The maximum Gasteiger partial charge on any atom is 0.409 e. The standard InChI is InChI=1S/C13H20N2O3/c1-18-13(17)14-6-9-5-10(8-14)11-3-2-4-12(16)15(11)7-9/h9-11H,2-8H2,1H3. The summed E-state index contributed by atoms with van der Waals surface area (Å²) in [6.45, 7) is 2.31. The van der Waals surface area contributed by atoms with Crippen molar-refractivity contribution in [1.29, 1.82) is 0 Å². The molecule has 0 aromatic carbocycles. The first-order valence-electron chi connectivity index (χ1n) is 6.81. The van der Waals surface area contributed by atoms with Crippen LogP contribution in [0.4, 0.5) is 4.79 Å².